The minimum Gasteiger partial charge on any atom is -0.377 e. The van der Waals surface area contributed by atoms with Crippen molar-refractivity contribution in [1.29, 1.82) is 0 Å². The van der Waals surface area contributed by atoms with Crippen LogP contribution < -0.4 is 10.9 Å². The molecule has 140 valence electrons. The minimum absolute atomic E-state index is 0.0318. The number of benzene rings is 2. The molecular formula is C22H21N5O. The van der Waals surface area contributed by atoms with E-state index in [0.717, 1.165) is 41.1 Å². The molecule has 2 unspecified atom stereocenters. The van der Waals surface area contributed by atoms with E-state index < -0.39 is 0 Å². The molecular weight excluding hydrogens is 350 g/mol. The van der Waals surface area contributed by atoms with E-state index in [-0.39, 0.29) is 17.5 Å². The summed E-state index contributed by atoms with van der Waals surface area (Å²) in [6, 6.07) is 16.1. The average Bonchev–Trinajstić information content (AvgIpc) is 3.19. The monoisotopic (exact) mass is 371 g/mol. The van der Waals surface area contributed by atoms with Crippen LogP contribution in [0.2, 0.25) is 0 Å². The Balaban J connectivity index is 1.79. The van der Waals surface area contributed by atoms with Gasteiger partial charge in [0.15, 0.2) is 0 Å². The van der Waals surface area contributed by atoms with Crippen LogP contribution in [-0.2, 0) is 6.54 Å². The quantitative estimate of drug-likeness (QED) is 0.572. The van der Waals surface area contributed by atoms with Gasteiger partial charge in [0, 0.05) is 30.0 Å². The van der Waals surface area contributed by atoms with E-state index in [0.29, 0.717) is 5.39 Å². The molecule has 0 spiro atoms. The molecule has 6 heteroatoms. The maximum Gasteiger partial charge on any atom is 0.272 e. The van der Waals surface area contributed by atoms with Gasteiger partial charge in [-0.05, 0) is 24.1 Å². The molecule has 2 N–H and O–H groups in total. The molecule has 0 radical (unpaired) electrons. The lowest BCUT2D eigenvalue weighted by atomic mass is 9.83. The molecule has 0 saturated heterocycles. The Hall–Kier alpha value is -3.41. The molecule has 1 aliphatic rings. The third-order valence-corrected chi connectivity index (χ3v) is 5.43. The summed E-state index contributed by atoms with van der Waals surface area (Å²) < 4.78 is 2.19. The lowest BCUT2D eigenvalue weighted by Gasteiger charge is -2.34. The highest BCUT2D eigenvalue weighted by Crippen LogP contribution is 2.45. The van der Waals surface area contributed by atoms with E-state index >= 15 is 0 Å². The van der Waals surface area contributed by atoms with Gasteiger partial charge in [0.05, 0.1) is 23.0 Å². The number of rotatable bonds is 4. The summed E-state index contributed by atoms with van der Waals surface area (Å²) in [7, 11) is 0. The van der Waals surface area contributed by atoms with E-state index in [4.69, 9.17) is 4.98 Å². The first-order valence-electron chi connectivity index (χ1n) is 9.61. The van der Waals surface area contributed by atoms with E-state index in [1.54, 1.807) is 0 Å². The molecule has 0 bridgehead atoms. The number of aromatic amines is 1. The van der Waals surface area contributed by atoms with Crippen LogP contribution in [0.3, 0.4) is 0 Å². The SMILES string of the molecule is CCCn1ccnc1C1c2n[nH]c(=O)c3cccc(c23)NC1c1ccccc1. The second-order valence-electron chi connectivity index (χ2n) is 7.16. The lowest BCUT2D eigenvalue weighted by molar-refractivity contribution is 0.549. The second-order valence-corrected chi connectivity index (χ2v) is 7.16. The topological polar surface area (TPSA) is 75.6 Å². The molecule has 28 heavy (non-hydrogen) atoms. The molecule has 6 nitrogen and oxygen atoms in total. The van der Waals surface area contributed by atoms with Gasteiger partial charge in [0.1, 0.15) is 5.82 Å². The maximum atomic E-state index is 12.4. The lowest BCUT2D eigenvalue weighted by Crippen LogP contribution is -2.29. The van der Waals surface area contributed by atoms with Crippen molar-refractivity contribution < 1.29 is 0 Å². The number of nitrogens with zero attached hydrogens (tertiary/aromatic N) is 3. The zero-order valence-corrected chi connectivity index (χ0v) is 15.6. The van der Waals surface area contributed by atoms with Crippen molar-refractivity contribution >= 4 is 16.5 Å². The summed E-state index contributed by atoms with van der Waals surface area (Å²) in [6.07, 6.45) is 4.88. The van der Waals surface area contributed by atoms with Crippen molar-refractivity contribution in [3.8, 4) is 0 Å². The molecule has 4 aromatic rings. The fourth-order valence-electron chi connectivity index (χ4n) is 4.24. The van der Waals surface area contributed by atoms with Gasteiger partial charge >= 0.3 is 0 Å². The van der Waals surface area contributed by atoms with Crippen LogP contribution >= 0.6 is 0 Å². The minimum atomic E-state index is -0.170. The first-order valence-corrected chi connectivity index (χ1v) is 9.61. The molecule has 2 aromatic carbocycles. The van der Waals surface area contributed by atoms with E-state index in [9.17, 15) is 4.79 Å². The Labute approximate surface area is 162 Å². The number of hydrogen-bond acceptors (Lipinski definition) is 4. The molecule has 0 saturated carbocycles. The van der Waals surface area contributed by atoms with Crippen LogP contribution in [0.1, 0.15) is 42.4 Å². The Morgan fingerprint density at radius 1 is 1.11 bits per heavy atom. The highest BCUT2D eigenvalue weighted by atomic mass is 16.1. The summed E-state index contributed by atoms with van der Waals surface area (Å²) in [5.41, 5.74) is 2.79. The number of H-pyrrole nitrogens is 1. The van der Waals surface area contributed by atoms with Gasteiger partial charge in [-0.3, -0.25) is 4.79 Å². The van der Waals surface area contributed by atoms with Crippen molar-refractivity contribution in [3.63, 3.8) is 0 Å². The molecule has 5 rings (SSSR count). The van der Waals surface area contributed by atoms with Crippen LogP contribution in [0.25, 0.3) is 10.8 Å². The van der Waals surface area contributed by atoms with E-state index in [2.05, 4.69) is 39.1 Å². The predicted octanol–water partition coefficient (Wildman–Crippen LogP) is 3.83. The summed E-state index contributed by atoms with van der Waals surface area (Å²) >= 11 is 0. The summed E-state index contributed by atoms with van der Waals surface area (Å²) in [4.78, 5) is 17.1. The van der Waals surface area contributed by atoms with Crippen molar-refractivity contribution in [2.75, 3.05) is 5.32 Å². The first-order chi connectivity index (χ1) is 13.8. The zero-order chi connectivity index (χ0) is 19.1. The largest absolute Gasteiger partial charge is 0.377 e. The number of nitrogens with one attached hydrogen (secondary N) is 2. The third-order valence-electron chi connectivity index (χ3n) is 5.43. The van der Waals surface area contributed by atoms with Crippen LogP contribution in [0.5, 0.6) is 0 Å². The third kappa shape index (κ3) is 2.52. The van der Waals surface area contributed by atoms with Gasteiger partial charge in [0.2, 0.25) is 0 Å². The fourth-order valence-corrected chi connectivity index (χ4v) is 4.24. The van der Waals surface area contributed by atoms with Gasteiger partial charge in [-0.25, -0.2) is 10.1 Å². The normalized spacial score (nSPS) is 18.2. The molecule has 2 atom stereocenters. The van der Waals surface area contributed by atoms with Crippen molar-refractivity contribution in [3.05, 3.63) is 88.4 Å². The average molecular weight is 371 g/mol. The molecule has 2 aromatic heterocycles. The number of hydrogen-bond donors (Lipinski definition) is 2. The maximum absolute atomic E-state index is 12.4. The zero-order valence-electron chi connectivity index (χ0n) is 15.6. The molecule has 0 fully saturated rings. The van der Waals surface area contributed by atoms with Crippen LogP contribution in [0.15, 0.2) is 65.7 Å². The van der Waals surface area contributed by atoms with E-state index in [1.165, 1.54) is 0 Å². The van der Waals surface area contributed by atoms with Crippen LogP contribution in [0.4, 0.5) is 5.69 Å². The highest BCUT2D eigenvalue weighted by Gasteiger charge is 2.37. The number of aromatic nitrogens is 4. The fraction of sp³-hybridized carbons (Fsp3) is 0.227. The Morgan fingerprint density at radius 3 is 2.79 bits per heavy atom. The second kappa shape index (κ2) is 6.64. The number of aryl methyl sites for hydroxylation is 1. The van der Waals surface area contributed by atoms with Crippen molar-refractivity contribution in [2.24, 2.45) is 0 Å². The Kier molecular flexibility index (Phi) is 3.97. The predicted molar refractivity (Wildman–Crippen MR) is 110 cm³/mol. The van der Waals surface area contributed by atoms with Crippen molar-refractivity contribution in [1.82, 2.24) is 19.7 Å². The Morgan fingerprint density at radius 2 is 1.96 bits per heavy atom. The van der Waals surface area contributed by atoms with Gasteiger partial charge in [-0.1, -0.05) is 43.3 Å². The number of imidazole rings is 1. The van der Waals surface area contributed by atoms with Gasteiger partial charge < -0.3 is 9.88 Å². The molecule has 1 aliphatic heterocycles. The van der Waals surface area contributed by atoms with Gasteiger partial charge in [-0.15, -0.1) is 0 Å². The molecule has 3 heterocycles. The summed E-state index contributed by atoms with van der Waals surface area (Å²) in [6.45, 7) is 3.05. The summed E-state index contributed by atoms with van der Waals surface area (Å²) in [5, 5.41) is 12.4. The summed E-state index contributed by atoms with van der Waals surface area (Å²) in [5.74, 6) is 0.844. The number of anilines is 1. The smallest absolute Gasteiger partial charge is 0.272 e. The Bertz CT molecular complexity index is 1190. The first kappa shape index (κ1) is 16.7. The highest BCUT2D eigenvalue weighted by molar-refractivity contribution is 5.97. The van der Waals surface area contributed by atoms with Crippen LogP contribution in [0, 0.1) is 0 Å². The molecule has 0 amide bonds. The van der Waals surface area contributed by atoms with Crippen molar-refractivity contribution in [2.45, 2.75) is 31.8 Å². The van der Waals surface area contributed by atoms with Crippen LogP contribution in [-0.4, -0.2) is 19.7 Å². The van der Waals surface area contributed by atoms with E-state index in [1.807, 2.05) is 48.8 Å². The standard InChI is InChI=1S/C22H21N5O/c1-2-12-27-13-11-23-21(27)18-19(14-7-4-3-5-8-14)24-16-10-6-9-15-17(16)20(18)25-26-22(15)28/h3-11,13,18-19,24H,2,12H2,1H3,(H,26,28). The van der Waals surface area contributed by atoms with Gasteiger partial charge in [0.25, 0.3) is 5.56 Å². The molecule has 0 aliphatic carbocycles. The van der Waals surface area contributed by atoms with Gasteiger partial charge in [-0.2, -0.15) is 5.10 Å².